The van der Waals surface area contributed by atoms with Crippen LogP contribution in [0.4, 0.5) is 17.1 Å². The molecule has 3 aromatic rings. The number of nitrogens with one attached hydrogen (secondary N) is 3. The number of aliphatic hydroxyl groups is 1. The molecule has 12 nitrogen and oxygen atoms in total. The fourth-order valence-electron chi connectivity index (χ4n) is 4.91. The van der Waals surface area contributed by atoms with Crippen LogP contribution in [0.2, 0.25) is 0 Å². The number of rotatable bonds is 13. The largest absolute Gasteiger partial charge is 0.506 e. The first-order chi connectivity index (χ1) is 20.3. The molecule has 1 saturated heterocycles. The highest BCUT2D eigenvalue weighted by atomic mass is 32.2. The van der Waals surface area contributed by atoms with Crippen LogP contribution in [0.25, 0.3) is 0 Å². The van der Waals surface area contributed by atoms with Crippen LogP contribution in [0.15, 0.2) is 72.8 Å². The number of carboxylic acid groups (broad SMARTS) is 1. The number of aromatic hydroxyl groups is 1. The number of aliphatic hydroxyl groups excluding tert-OH is 1. The fraction of sp³-hybridized carbons (Fsp3) is 0.345. The smallest absolute Gasteiger partial charge is 0.324 e. The van der Waals surface area contributed by atoms with Crippen molar-refractivity contribution in [3.05, 3.63) is 83.9 Å². The van der Waals surface area contributed by atoms with Crippen molar-refractivity contribution >= 4 is 43.1 Å². The van der Waals surface area contributed by atoms with Crippen LogP contribution >= 0.6 is 0 Å². The molecule has 232 valence electrons. The van der Waals surface area contributed by atoms with E-state index < -0.39 is 37.4 Å². The second-order valence-electron chi connectivity index (χ2n) is 10.5. The number of benzene rings is 3. The predicted molar refractivity (Wildman–Crippen MR) is 165 cm³/mol. The van der Waals surface area contributed by atoms with E-state index in [1.807, 2.05) is 0 Å². The van der Waals surface area contributed by atoms with Gasteiger partial charge < -0.3 is 25.5 Å². The van der Waals surface area contributed by atoms with E-state index in [9.17, 15) is 36.9 Å². The van der Waals surface area contributed by atoms with Crippen molar-refractivity contribution < 1.29 is 36.9 Å². The van der Waals surface area contributed by atoms with E-state index in [0.717, 1.165) is 37.9 Å². The maximum Gasteiger partial charge on any atom is 0.324 e. The highest BCUT2D eigenvalue weighted by molar-refractivity contribution is 7.94. The van der Waals surface area contributed by atoms with Gasteiger partial charge in [-0.15, -0.1) is 0 Å². The average molecular weight is 633 g/mol. The van der Waals surface area contributed by atoms with Gasteiger partial charge >= 0.3 is 5.97 Å². The van der Waals surface area contributed by atoms with Crippen LogP contribution in [-0.4, -0.2) is 75.3 Å². The number of piperidine rings is 1. The van der Waals surface area contributed by atoms with Gasteiger partial charge in [-0.25, -0.2) is 16.8 Å². The van der Waals surface area contributed by atoms with Gasteiger partial charge in [-0.1, -0.05) is 36.4 Å². The molecule has 3 aromatic carbocycles. The molecule has 0 saturated carbocycles. The van der Waals surface area contributed by atoms with Crippen molar-refractivity contribution in [1.29, 1.82) is 0 Å². The number of hydrogen-bond donors (Lipinski definition) is 6. The number of phenolic OH excluding ortho intramolecular Hbond substituents is 1. The average Bonchev–Trinajstić information content (AvgIpc) is 2.96. The Kier molecular flexibility index (Phi) is 10.2. The Hall–Kier alpha value is -3.85. The Morgan fingerprint density at radius 3 is 2.21 bits per heavy atom. The van der Waals surface area contributed by atoms with Crippen LogP contribution in [0, 0.1) is 0 Å². The van der Waals surface area contributed by atoms with Crippen molar-refractivity contribution in [2.75, 3.05) is 40.2 Å². The molecule has 14 heteroatoms. The molecule has 6 N–H and O–H groups in total. The van der Waals surface area contributed by atoms with Gasteiger partial charge in [0.25, 0.3) is 0 Å². The maximum absolute atomic E-state index is 12.9. The Balaban J connectivity index is 1.28. The molecular formula is C29H36N4O8S2. The second kappa shape index (κ2) is 13.6. The molecule has 1 aliphatic rings. The van der Waals surface area contributed by atoms with Gasteiger partial charge in [0.15, 0.2) is 5.25 Å². The highest BCUT2D eigenvalue weighted by Gasteiger charge is 2.33. The summed E-state index contributed by atoms with van der Waals surface area (Å²) in [5.41, 5.74) is 2.24. The van der Waals surface area contributed by atoms with Crippen molar-refractivity contribution in [2.45, 2.75) is 36.7 Å². The van der Waals surface area contributed by atoms with E-state index in [1.165, 1.54) is 18.2 Å². The maximum atomic E-state index is 12.9. The molecule has 0 aromatic heterocycles. The van der Waals surface area contributed by atoms with E-state index in [1.54, 1.807) is 54.6 Å². The van der Waals surface area contributed by atoms with E-state index in [4.69, 9.17) is 0 Å². The summed E-state index contributed by atoms with van der Waals surface area (Å²) in [6.07, 6.45) is 1.49. The topological polar surface area (TPSA) is 185 Å². The van der Waals surface area contributed by atoms with Gasteiger partial charge in [0, 0.05) is 43.5 Å². The van der Waals surface area contributed by atoms with Crippen LogP contribution in [0.5, 0.6) is 5.75 Å². The first-order valence-corrected chi connectivity index (χ1v) is 17.1. The zero-order valence-corrected chi connectivity index (χ0v) is 25.2. The first-order valence-electron chi connectivity index (χ1n) is 13.7. The van der Waals surface area contributed by atoms with Gasteiger partial charge in [-0.05, 0) is 60.4 Å². The Bertz CT molecular complexity index is 1610. The van der Waals surface area contributed by atoms with Crippen molar-refractivity contribution in [3.8, 4) is 5.75 Å². The predicted octanol–water partition coefficient (Wildman–Crippen LogP) is 2.49. The zero-order valence-electron chi connectivity index (χ0n) is 23.5. The van der Waals surface area contributed by atoms with Gasteiger partial charge in [0.05, 0.1) is 18.0 Å². The summed E-state index contributed by atoms with van der Waals surface area (Å²) in [6.45, 7) is 1.68. The molecule has 0 aliphatic carbocycles. The molecule has 43 heavy (non-hydrogen) atoms. The standard InChI is InChI=1S/C29H36N4O8S2/c1-42(38,39)32-25-18-21(7-12-26(25)34)27(35)19-30-22-13-15-33(16-14-22)24-10-8-23(9-11-24)31-43(40,41)28(29(36)37)17-20-5-3-2-4-6-20/h2-12,18,22,27-28,30-32,34-35H,13-17,19H2,1H3,(H,36,37)/t27-,28?/m0/s1. The summed E-state index contributed by atoms with van der Waals surface area (Å²) in [5, 5.41) is 31.8. The monoisotopic (exact) mass is 632 g/mol. The lowest BCUT2D eigenvalue weighted by molar-refractivity contribution is -0.136. The molecule has 2 atom stereocenters. The summed E-state index contributed by atoms with van der Waals surface area (Å²) >= 11 is 0. The lowest BCUT2D eigenvalue weighted by Crippen LogP contribution is -2.43. The third kappa shape index (κ3) is 9.07. The van der Waals surface area contributed by atoms with Gasteiger partial charge in [0.1, 0.15) is 5.75 Å². The van der Waals surface area contributed by atoms with Gasteiger partial charge in [-0.3, -0.25) is 14.2 Å². The first kappa shape index (κ1) is 32.1. The minimum Gasteiger partial charge on any atom is -0.506 e. The summed E-state index contributed by atoms with van der Waals surface area (Å²) in [4.78, 5) is 13.9. The number of sulfonamides is 2. The normalized spacial score (nSPS) is 15.9. The molecule has 0 spiro atoms. The van der Waals surface area contributed by atoms with E-state index in [2.05, 4.69) is 19.7 Å². The zero-order chi connectivity index (χ0) is 31.2. The van der Waals surface area contributed by atoms with Crippen molar-refractivity contribution in [3.63, 3.8) is 0 Å². The summed E-state index contributed by atoms with van der Waals surface area (Å²) in [5.74, 6) is -1.66. The van der Waals surface area contributed by atoms with Crippen LogP contribution in [-0.2, 0) is 31.3 Å². The third-order valence-corrected chi connectivity index (χ3v) is 9.43. The number of carboxylic acids is 1. The SMILES string of the molecule is CS(=O)(=O)Nc1cc([C@@H](O)CNC2CCN(c3ccc(NS(=O)(=O)C(Cc4ccccc4)C(=O)O)cc3)CC2)ccc1O. The molecule has 1 fully saturated rings. The second-order valence-corrected chi connectivity index (χ2v) is 14.2. The molecule has 4 rings (SSSR count). The van der Waals surface area contributed by atoms with E-state index in [0.29, 0.717) is 11.1 Å². The number of carbonyl (C=O) groups is 1. The highest BCUT2D eigenvalue weighted by Crippen LogP contribution is 2.28. The van der Waals surface area contributed by atoms with Crippen LogP contribution in [0.3, 0.4) is 0 Å². The molecular weight excluding hydrogens is 596 g/mol. The summed E-state index contributed by atoms with van der Waals surface area (Å²) in [6, 6.07) is 19.8. The van der Waals surface area contributed by atoms with E-state index >= 15 is 0 Å². The molecule has 1 unspecified atom stereocenters. The Morgan fingerprint density at radius 1 is 0.953 bits per heavy atom. The fourth-order valence-corrected chi connectivity index (χ4v) is 6.76. The summed E-state index contributed by atoms with van der Waals surface area (Å²) in [7, 11) is -7.79. The van der Waals surface area contributed by atoms with Gasteiger partial charge in [-0.2, -0.15) is 0 Å². The molecule has 1 aliphatic heterocycles. The molecule has 0 radical (unpaired) electrons. The number of hydrogen-bond acceptors (Lipinski definition) is 9. The quantitative estimate of drug-likeness (QED) is 0.153. The van der Waals surface area contributed by atoms with Crippen molar-refractivity contribution in [1.82, 2.24) is 5.32 Å². The van der Waals surface area contributed by atoms with Crippen LogP contribution < -0.4 is 19.7 Å². The van der Waals surface area contributed by atoms with E-state index in [-0.39, 0.29) is 36.1 Å². The number of phenols is 1. The Morgan fingerprint density at radius 2 is 1.60 bits per heavy atom. The molecule has 0 amide bonds. The Labute approximate surface area is 251 Å². The number of aliphatic carboxylic acids is 1. The third-order valence-electron chi connectivity index (χ3n) is 7.20. The minimum atomic E-state index is -4.20. The minimum absolute atomic E-state index is 0.0000589. The molecule has 1 heterocycles. The summed E-state index contributed by atoms with van der Waals surface area (Å²) < 4.78 is 53.5. The number of nitrogens with zero attached hydrogens (tertiary/aromatic N) is 1. The lowest BCUT2D eigenvalue weighted by Gasteiger charge is -2.34. The number of anilines is 3. The molecule has 0 bridgehead atoms. The van der Waals surface area contributed by atoms with Crippen LogP contribution in [0.1, 0.15) is 30.1 Å². The van der Waals surface area contributed by atoms with Crippen molar-refractivity contribution in [2.24, 2.45) is 0 Å². The van der Waals surface area contributed by atoms with Gasteiger partial charge in [0.2, 0.25) is 20.0 Å². The lowest BCUT2D eigenvalue weighted by atomic mass is 10.0.